The third-order valence-corrected chi connectivity index (χ3v) is 5.98. The third kappa shape index (κ3) is 10.1. The van der Waals surface area contributed by atoms with Crippen molar-refractivity contribution in [3.8, 4) is 5.75 Å². The molecule has 0 bridgehead atoms. The van der Waals surface area contributed by atoms with Crippen molar-refractivity contribution in [2.24, 2.45) is 5.50 Å². The molecule has 27 heavy (non-hydrogen) atoms. The maximum Gasteiger partial charge on any atom is 0.341 e. The fraction of sp³-hybridized carbons (Fsp3) is 0.667. The lowest BCUT2D eigenvalue weighted by atomic mass is 10.2. The molecule has 1 aromatic carbocycles. The van der Waals surface area contributed by atoms with Gasteiger partial charge in [0.25, 0.3) is 0 Å². The normalized spacial score (nSPS) is 13.9. The molecule has 0 saturated carbocycles. The highest BCUT2D eigenvalue weighted by Crippen LogP contribution is 2.43. The summed E-state index contributed by atoms with van der Waals surface area (Å²) in [6, 6.07) is 7.54. The Labute approximate surface area is 173 Å². The maximum absolute atomic E-state index is 12.6. The second kappa shape index (κ2) is 13.8. The molecule has 1 aromatic rings. The Balaban J connectivity index is 2.50. The Hall–Kier alpha value is -0.330. The van der Waals surface area contributed by atoms with Gasteiger partial charge in [0.15, 0.2) is 0 Å². The van der Waals surface area contributed by atoms with Gasteiger partial charge in [-0.1, -0.05) is 19.1 Å². The van der Waals surface area contributed by atoms with Gasteiger partial charge in [0, 0.05) is 31.4 Å². The van der Waals surface area contributed by atoms with Gasteiger partial charge in [-0.2, -0.15) is 0 Å². The molecular weight excluding hydrogens is 408 g/mol. The summed E-state index contributed by atoms with van der Waals surface area (Å²) in [7, 11) is -1.33. The van der Waals surface area contributed by atoms with Gasteiger partial charge < -0.3 is 14.2 Å². The summed E-state index contributed by atoms with van der Waals surface area (Å²) in [4.78, 5) is 2.29. The molecule has 0 heterocycles. The van der Waals surface area contributed by atoms with Crippen molar-refractivity contribution in [2.45, 2.75) is 26.4 Å². The second-order valence-electron chi connectivity index (χ2n) is 6.32. The number of nitrogens with two attached hydrogens (primary N) is 1. The van der Waals surface area contributed by atoms with Crippen LogP contribution in [0.2, 0.25) is 0 Å². The zero-order chi connectivity index (χ0) is 20.1. The molecule has 0 aliphatic carbocycles. The van der Waals surface area contributed by atoms with E-state index in [1.54, 1.807) is 0 Å². The first-order valence-electron chi connectivity index (χ1n) is 9.23. The highest BCUT2D eigenvalue weighted by molar-refractivity contribution is 7.53. The molecule has 1 atom stereocenters. The van der Waals surface area contributed by atoms with Crippen LogP contribution in [0.3, 0.4) is 0 Å². The average molecular weight is 440 g/mol. The minimum absolute atomic E-state index is 0.130. The maximum atomic E-state index is 12.6. The van der Waals surface area contributed by atoms with Gasteiger partial charge >= 0.3 is 7.67 Å². The second-order valence-corrected chi connectivity index (χ2v) is 9.03. The highest BCUT2D eigenvalue weighted by Gasteiger charge is 2.26. The minimum atomic E-state index is -3.44. The SMILES string of the molecule is CCCN(C)CCCOc1cccc(COP(N)(=O)N(CCCl)CCCl)c1. The summed E-state index contributed by atoms with van der Waals surface area (Å²) in [5, 5.41) is 0. The summed E-state index contributed by atoms with van der Waals surface area (Å²) < 4.78 is 25.4. The number of rotatable bonds is 15. The van der Waals surface area contributed by atoms with Gasteiger partial charge in [-0.05, 0) is 44.1 Å². The number of alkyl halides is 2. The Kier molecular flexibility index (Phi) is 12.6. The molecule has 0 amide bonds. The summed E-state index contributed by atoms with van der Waals surface area (Å²) in [6.45, 7) is 5.76. The Morgan fingerprint density at radius 3 is 2.48 bits per heavy atom. The van der Waals surface area contributed by atoms with Crippen LogP contribution in [-0.2, 0) is 15.7 Å². The standard InChI is InChI=1S/C18H32Cl2N3O3P/c1-3-10-22(2)11-5-14-25-18-7-4-6-17(15-18)16-26-27(21,24)23(12-8-19)13-9-20/h4,6-7,15H,3,5,8-14,16H2,1-2H3,(H2,21,24). The van der Waals surface area contributed by atoms with Gasteiger partial charge in [-0.25, -0.2) is 10.2 Å². The van der Waals surface area contributed by atoms with Crippen molar-refractivity contribution < 1.29 is 13.8 Å². The van der Waals surface area contributed by atoms with E-state index in [2.05, 4.69) is 18.9 Å². The van der Waals surface area contributed by atoms with Crippen molar-refractivity contribution in [3.63, 3.8) is 0 Å². The van der Waals surface area contributed by atoms with Crippen LogP contribution in [0.1, 0.15) is 25.3 Å². The first-order chi connectivity index (χ1) is 12.9. The molecule has 0 radical (unpaired) electrons. The van der Waals surface area contributed by atoms with E-state index < -0.39 is 7.67 Å². The molecule has 9 heteroatoms. The lowest BCUT2D eigenvalue weighted by Crippen LogP contribution is -2.29. The molecule has 0 aromatic heterocycles. The quantitative estimate of drug-likeness (QED) is 0.251. The fourth-order valence-electron chi connectivity index (χ4n) is 2.58. The summed E-state index contributed by atoms with van der Waals surface area (Å²) in [5.41, 5.74) is 6.72. The molecule has 0 fully saturated rings. The van der Waals surface area contributed by atoms with Crippen molar-refractivity contribution >= 4 is 30.9 Å². The Bertz CT molecular complexity index is 575. The highest BCUT2D eigenvalue weighted by atomic mass is 35.5. The van der Waals surface area contributed by atoms with Crippen LogP contribution in [0.5, 0.6) is 5.75 Å². The van der Waals surface area contributed by atoms with Crippen molar-refractivity contribution in [2.75, 3.05) is 51.6 Å². The smallest absolute Gasteiger partial charge is 0.341 e. The number of nitrogens with zero attached hydrogens (tertiary/aromatic N) is 2. The molecule has 0 aliphatic rings. The summed E-state index contributed by atoms with van der Waals surface area (Å²) in [6.07, 6.45) is 2.11. The van der Waals surface area contributed by atoms with Gasteiger partial charge in [0.05, 0.1) is 13.2 Å². The lowest BCUT2D eigenvalue weighted by molar-refractivity contribution is 0.253. The van der Waals surface area contributed by atoms with E-state index in [1.807, 2.05) is 24.3 Å². The monoisotopic (exact) mass is 439 g/mol. The van der Waals surface area contributed by atoms with Crippen LogP contribution in [0.15, 0.2) is 24.3 Å². The molecule has 6 nitrogen and oxygen atoms in total. The van der Waals surface area contributed by atoms with Gasteiger partial charge in [0.2, 0.25) is 0 Å². The number of halogens is 2. The number of hydrogen-bond acceptors (Lipinski definition) is 4. The molecule has 156 valence electrons. The van der Waals surface area contributed by atoms with Gasteiger partial charge in [-0.15, -0.1) is 23.2 Å². The van der Waals surface area contributed by atoms with Crippen LogP contribution in [0.25, 0.3) is 0 Å². The number of benzene rings is 1. The summed E-state index contributed by atoms with van der Waals surface area (Å²) >= 11 is 11.5. The fourth-order valence-corrected chi connectivity index (χ4v) is 4.48. The van der Waals surface area contributed by atoms with E-state index in [9.17, 15) is 4.57 Å². The van der Waals surface area contributed by atoms with Crippen molar-refractivity contribution in [3.05, 3.63) is 29.8 Å². The Morgan fingerprint density at radius 1 is 1.15 bits per heavy atom. The topological polar surface area (TPSA) is 68.0 Å². The number of ether oxygens (including phenoxy) is 1. The first kappa shape index (κ1) is 24.7. The van der Waals surface area contributed by atoms with E-state index in [0.29, 0.717) is 31.5 Å². The lowest BCUT2D eigenvalue weighted by Gasteiger charge is -2.26. The van der Waals surface area contributed by atoms with Crippen LogP contribution < -0.4 is 10.2 Å². The first-order valence-corrected chi connectivity index (χ1v) is 11.9. The molecule has 0 aliphatic heterocycles. The van der Waals surface area contributed by atoms with Crippen LogP contribution in [0, 0.1) is 0 Å². The third-order valence-electron chi connectivity index (χ3n) is 3.95. The van der Waals surface area contributed by atoms with E-state index in [-0.39, 0.29) is 6.61 Å². The van der Waals surface area contributed by atoms with Gasteiger partial charge in [-0.3, -0.25) is 4.57 Å². The van der Waals surface area contributed by atoms with E-state index >= 15 is 0 Å². The van der Waals surface area contributed by atoms with E-state index in [4.69, 9.17) is 38.0 Å². The average Bonchev–Trinajstić information content (AvgIpc) is 2.64. The minimum Gasteiger partial charge on any atom is -0.494 e. The molecule has 2 N–H and O–H groups in total. The molecule has 1 unspecified atom stereocenters. The predicted molar refractivity (Wildman–Crippen MR) is 114 cm³/mol. The largest absolute Gasteiger partial charge is 0.494 e. The zero-order valence-corrected chi connectivity index (χ0v) is 18.7. The van der Waals surface area contributed by atoms with Crippen LogP contribution in [0.4, 0.5) is 0 Å². The number of hydrogen-bond donors (Lipinski definition) is 1. The van der Waals surface area contributed by atoms with Gasteiger partial charge in [0.1, 0.15) is 5.75 Å². The van der Waals surface area contributed by atoms with E-state index in [1.165, 1.54) is 4.67 Å². The van der Waals surface area contributed by atoms with Crippen molar-refractivity contribution in [1.29, 1.82) is 0 Å². The zero-order valence-electron chi connectivity index (χ0n) is 16.3. The molecule has 0 spiro atoms. The Morgan fingerprint density at radius 2 is 1.85 bits per heavy atom. The molecule has 1 rings (SSSR count). The predicted octanol–water partition coefficient (Wildman–Crippen LogP) is 4.16. The van der Waals surface area contributed by atoms with Crippen LogP contribution in [-0.4, -0.2) is 61.2 Å². The molecular formula is C18H32Cl2N3O3P. The van der Waals surface area contributed by atoms with Crippen LogP contribution >= 0.6 is 30.9 Å². The van der Waals surface area contributed by atoms with Crippen molar-refractivity contribution in [1.82, 2.24) is 9.57 Å². The molecule has 0 saturated heterocycles. The van der Waals surface area contributed by atoms with E-state index in [0.717, 1.165) is 37.2 Å². The summed E-state index contributed by atoms with van der Waals surface area (Å²) in [5.74, 6) is 1.37.